The Hall–Kier alpha value is -2.62. The molecule has 0 N–H and O–H groups in total. The third-order valence-corrected chi connectivity index (χ3v) is 5.19. The average Bonchev–Trinajstić information content (AvgIpc) is 2.80. The normalized spacial score (nSPS) is 21.0. The lowest BCUT2D eigenvalue weighted by atomic mass is 9.93. The molecule has 1 aliphatic heterocycles. The number of esters is 1. The molecule has 2 rings (SSSR count). The van der Waals surface area contributed by atoms with Crippen LogP contribution in [0.2, 0.25) is 0 Å². The molecule has 1 fully saturated rings. The van der Waals surface area contributed by atoms with Crippen molar-refractivity contribution in [2.45, 2.75) is 39.6 Å². The fourth-order valence-corrected chi connectivity index (χ4v) is 3.23. The Morgan fingerprint density at radius 2 is 1.64 bits per heavy atom. The molecule has 0 aromatic heterocycles. The van der Waals surface area contributed by atoms with Gasteiger partial charge in [-0.2, -0.15) is 0 Å². The summed E-state index contributed by atoms with van der Waals surface area (Å²) in [5.41, 5.74) is -0.957. The van der Waals surface area contributed by atoms with Gasteiger partial charge >= 0.3 is 5.97 Å². The summed E-state index contributed by atoms with van der Waals surface area (Å²) in [6.45, 7) is 7.96. The number of methoxy groups -OCH3 is 3. The van der Waals surface area contributed by atoms with Crippen LogP contribution in [-0.2, 0) is 28.5 Å². The zero-order chi connectivity index (χ0) is 24.6. The molecule has 1 aromatic rings. The minimum atomic E-state index is -0.999. The molecule has 33 heavy (non-hydrogen) atoms. The first-order valence-corrected chi connectivity index (χ1v) is 10.7. The summed E-state index contributed by atoms with van der Waals surface area (Å²) < 4.78 is 38.8. The van der Waals surface area contributed by atoms with Crippen LogP contribution in [0.15, 0.2) is 24.3 Å². The number of benzene rings is 1. The quantitative estimate of drug-likeness (QED) is 0.359. The highest BCUT2D eigenvalue weighted by Crippen LogP contribution is 2.43. The molecule has 0 radical (unpaired) electrons. The van der Waals surface area contributed by atoms with Gasteiger partial charge in [0.05, 0.1) is 40.1 Å². The van der Waals surface area contributed by atoms with Crippen molar-refractivity contribution in [3.05, 3.63) is 29.8 Å². The van der Waals surface area contributed by atoms with Crippen LogP contribution >= 0.6 is 0 Å². The van der Waals surface area contributed by atoms with E-state index in [0.29, 0.717) is 29.4 Å². The maximum absolute atomic E-state index is 12.2. The Bertz CT molecular complexity index is 826. The summed E-state index contributed by atoms with van der Waals surface area (Å²) in [4.78, 5) is 24.3. The second-order valence-corrected chi connectivity index (χ2v) is 8.46. The third-order valence-electron chi connectivity index (χ3n) is 5.19. The maximum Gasteiger partial charge on any atom is 0.330 e. The van der Waals surface area contributed by atoms with Gasteiger partial charge in [-0.15, -0.1) is 0 Å². The lowest BCUT2D eigenvalue weighted by Gasteiger charge is -2.37. The minimum absolute atomic E-state index is 0.0584. The Labute approximate surface area is 194 Å². The minimum Gasteiger partial charge on any atom is -0.496 e. The molecule has 184 valence electrons. The summed E-state index contributed by atoms with van der Waals surface area (Å²) in [7, 11) is 4.63. The van der Waals surface area contributed by atoms with Crippen molar-refractivity contribution in [2.75, 3.05) is 47.8 Å². The predicted octanol–water partition coefficient (Wildman–Crippen LogP) is 3.25. The van der Waals surface area contributed by atoms with E-state index in [-0.39, 0.29) is 25.6 Å². The van der Waals surface area contributed by atoms with E-state index < -0.39 is 23.3 Å². The van der Waals surface area contributed by atoms with E-state index in [4.69, 9.17) is 33.2 Å². The van der Waals surface area contributed by atoms with Crippen molar-refractivity contribution in [3.8, 4) is 17.2 Å². The summed E-state index contributed by atoms with van der Waals surface area (Å²) in [5, 5.41) is 0. The van der Waals surface area contributed by atoms with Crippen molar-refractivity contribution in [1.82, 2.24) is 0 Å². The standard InChI is InChI=1S/C24H34O9/c1-8-33-23(2,3)19(25)9-10-20(26)30-13-24(4)14-31-22(32-15-24)21-17(28-6)11-16(27-5)12-18(21)29-7/h9-12,22H,8,13-15H2,1-7H3/b10-9+. The van der Waals surface area contributed by atoms with Crippen LogP contribution in [0.4, 0.5) is 0 Å². The van der Waals surface area contributed by atoms with Crippen LogP contribution < -0.4 is 14.2 Å². The Balaban J connectivity index is 1.97. The molecule has 9 heteroatoms. The summed E-state index contributed by atoms with van der Waals surface area (Å²) in [5.74, 6) is 0.655. The van der Waals surface area contributed by atoms with E-state index in [9.17, 15) is 9.59 Å². The summed E-state index contributed by atoms with van der Waals surface area (Å²) >= 11 is 0. The molecule has 0 bridgehead atoms. The number of rotatable bonds is 11. The molecule has 0 spiro atoms. The summed E-state index contributed by atoms with van der Waals surface area (Å²) in [6.07, 6.45) is 1.56. The molecule has 1 aliphatic rings. The van der Waals surface area contributed by atoms with E-state index in [0.717, 1.165) is 6.08 Å². The van der Waals surface area contributed by atoms with Gasteiger partial charge < -0.3 is 33.2 Å². The smallest absolute Gasteiger partial charge is 0.330 e. The first-order valence-electron chi connectivity index (χ1n) is 10.7. The predicted molar refractivity (Wildman–Crippen MR) is 120 cm³/mol. The fourth-order valence-electron chi connectivity index (χ4n) is 3.23. The topological polar surface area (TPSA) is 98.8 Å². The number of carbonyl (C=O) groups is 2. The highest BCUT2D eigenvalue weighted by Gasteiger charge is 2.37. The Morgan fingerprint density at radius 1 is 1.06 bits per heavy atom. The van der Waals surface area contributed by atoms with E-state index in [1.807, 2.05) is 6.92 Å². The fraction of sp³-hybridized carbons (Fsp3) is 0.583. The van der Waals surface area contributed by atoms with Crippen molar-refractivity contribution >= 4 is 11.8 Å². The molecule has 0 amide bonds. The number of hydrogen-bond acceptors (Lipinski definition) is 9. The van der Waals surface area contributed by atoms with Crippen LogP contribution in [0.25, 0.3) is 0 Å². The first-order chi connectivity index (χ1) is 15.6. The second-order valence-electron chi connectivity index (χ2n) is 8.46. The number of ether oxygens (including phenoxy) is 7. The molecule has 0 saturated carbocycles. The Morgan fingerprint density at radius 3 is 2.12 bits per heavy atom. The number of ketones is 1. The first kappa shape index (κ1) is 26.6. The molecule has 1 saturated heterocycles. The molecule has 1 aromatic carbocycles. The van der Waals surface area contributed by atoms with Crippen molar-refractivity contribution < 1.29 is 42.7 Å². The van der Waals surface area contributed by atoms with E-state index >= 15 is 0 Å². The van der Waals surface area contributed by atoms with Crippen LogP contribution in [0.5, 0.6) is 17.2 Å². The largest absolute Gasteiger partial charge is 0.496 e. The van der Waals surface area contributed by atoms with Crippen LogP contribution in [0, 0.1) is 5.41 Å². The van der Waals surface area contributed by atoms with Gasteiger partial charge in [0.1, 0.15) is 29.5 Å². The van der Waals surface area contributed by atoms with Crippen molar-refractivity contribution in [2.24, 2.45) is 5.41 Å². The SMILES string of the molecule is CCOC(C)(C)C(=O)/C=C/C(=O)OCC1(C)COC(c2c(OC)cc(OC)cc2OC)OC1. The second kappa shape index (κ2) is 11.5. The lowest BCUT2D eigenvalue weighted by molar-refractivity contribution is -0.239. The third kappa shape index (κ3) is 6.93. The van der Waals surface area contributed by atoms with Crippen molar-refractivity contribution in [1.29, 1.82) is 0 Å². The molecular weight excluding hydrogens is 432 g/mol. The van der Waals surface area contributed by atoms with Crippen molar-refractivity contribution in [3.63, 3.8) is 0 Å². The number of hydrogen-bond donors (Lipinski definition) is 0. The van der Waals surface area contributed by atoms with Gasteiger partial charge in [-0.05, 0) is 26.8 Å². The van der Waals surface area contributed by atoms with E-state index in [1.54, 1.807) is 40.0 Å². The molecule has 1 heterocycles. The van der Waals surface area contributed by atoms with Crippen LogP contribution in [0.1, 0.15) is 39.5 Å². The van der Waals surface area contributed by atoms with Gasteiger partial charge in [-0.1, -0.05) is 6.92 Å². The zero-order valence-corrected chi connectivity index (χ0v) is 20.4. The van der Waals surface area contributed by atoms with Gasteiger partial charge in [0, 0.05) is 30.2 Å². The average molecular weight is 467 g/mol. The molecule has 0 atom stereocenters. The van der Waals surface area contributed by atoms with Gasteiger partial charge in [0.15, 0.2) is 12.1 Å². The van der Waals surface area contributed by atoms with Gasteiger partial charge in [0.2, 0.25) is 0 Å². The number of carbonyl (C=O) groups excluding carboxylic acids is 2. The highest BCUT2D eigenvalue weighted by molar-refractivity contribution is 6.00. The van der Waals surface area contributed by atoms with Crippen LogP contribution in [-0.4, -0.2) is 65.1 Å². The Kier molecular flexibility index (Phi) is 9.27. The maximum atomic E-state index is 12.2. The molecule has 9 nitrogen and oxygen atoms in total. The van der Waals surface area contributed by atoms with E-state index in [2.05, 4.69) is 0 Å². The van der Waals surface area contributed by atoms with Gasteiger partial charge in [-0.3, -0.25) is 4.79 Å². The monoisotopic (exact) mass is 466 g/mol. The molecule has 0 unspecified atom stereocenters. The van der Waals surface area contributed by atoms with Gasteiger partial charge in [-0.25, -0.2) is 4.79 Å². The molecular formula is C24H34O9. The highest BCUT2D eigenvalue weighted by atomic mass is 16.7. The van der Waals surface area contributed by atoms with E-state index in [1.165, 1.54) is 20.3 Å². The summed E-state index contributed by atoms with van der Waals surface area (Å²) in [6, 6.07) is 3.45. The molecule has 0 aliphatic carbocycles. The lowest BCUT2D eigenvalue weighted by Crippen LogP contribution is -2.40. The zero-order valence-electron chi connectivity index (χ0n) is 20.4. The van der Waals surface area contributed by atoms with Crippen LogP contribution in [0.3, 0.4) is 0 Å². The van der Waals surface area contributed by atoms with Gasteiger partial charge in [0.25, 0.3) is 0 Å².